The number of non-ortho nitro benzene ring substituents is 1. The molecule has 1 aromatic carbocycles. The van der Waals surface area contributed by atoms with Crippen LogP contribution in [0.5, 0.6) is 11.8 Å². The summed E-state index contributed by atoms with van der Waals surface area (Å²) in [5.74, 6) is 0.0584. The highest BCUT2D eigenvalue weighted by molar-refractivity contribution is 5.92. The van der Waals surface area contributed by atoms with Crippen molar-refractivity contribution < 1.29 is 22.8 Å². The topological polar surface area (TPSA) is 91.0 Å². The van der Waals surface area contributed by atoms with Crippen molar-refractivity contribution in [2.24, 2.45) is 0 Å². The molecule has 0 fully saturated rings. The number of aromatic nitrogens is 3. The minimum atomic E-state index is -4.64. The van der Waals surface area contributed by atoms with E-state index in [-0.39, 0.29) is 22.3 Å². The highest BCUT2D eigenvalue weighted by Gasteiger charge is 2.33. The van der Waals surface area contributed by atoms with Crippen molar-refractivity contribution in [3.8, 4) is 11.8 Å². The van der Waals surface area contributed by atoms with Gasteiger partial charge in [0.1, 0.15) is 5.75 Å². The molecule has 3 aromatic rings. The predicted molar refractivity (Wildman–Crippen MR) is 75.5 cm³/mol. The zero-order valence-electron chi connectivity index (χ0n) is 11.7. The number of nitro groups is 1. The van der Waals surface area contributed by atoms with Crippen LogP contribution in [-0.4, -0.2) is 19.9 Å². The van der Waals surface area contributed by atoms with Gasteiger partial charge in [0.15, 0.2) is 11.2 Å². The van der Waals surface area contributed by atoms with Crippen molar-refractivity contribution in [2.75, 3.05) is 0 Å². The maximum atomic E-state index is 12.7. The zero-order chi connectivity index (χ0) is 17.3. The standard InChI is InChI=1S/C14H7F3N4O3/c15-14(16,17)11-5-7-19-13(20-11)24-10-4-3-9(21(22)23)12-8(10)2-1-6-18-12/h1-7H. The van der Waals surface area contributed by atoms with Crippen LogP contribution in [0.3, 0.4) is 0 Å². The Balaban J connectivity index is 2.06. The van der Waals surface area contributed by atoms with E-state index < -0.39 is 22.8 Å². The molecule has 0 N–H and O–H groups in total. The van der Waals surface area contributed by atoms with Crippen molar-refractivity contribution in [3.05, 3.63) is 58.5 Å². The Kier molecular flexibility index (Phi) is 3.72. The van der Waals surface area contributed by atoms with E-state index in [1.54, 1.807) is 0 Å². The number of ether oxygens (including phenoxy) is 1. The van der Waals surface area contributed by atoms with Gasteiger partial charge in [0.25, 0.3) is 5.69 Å². The summed E-state index contributed by atoms with van der Waals surface area (Å²) in [6.07, 6.45) is -2.36. The average Bonchev–Trinajstić information content (AvgIpc) is 2.54. The summed E-state index contributed by atoms with van der Waals surface area (Å²) in [6, 6.07) is 5.61. The largest absolute Gasteiger partial charge is 0.433 e. The van der Waals surface area contributed by atoms with Crippen LogP contribution in [0.4, 0.5) is 18.9 Å². The first kappa shape index (κ1) is 15.6. The number of rotatable bonds is 3. The number of nitrogens with zero attached hydrogens (tertiary/aromatic N) is 4. The molecular weight excluding hydrogens is 329 g/mol. The Labute approximate surface area is 131 Å². The maximum absolute atomic E-state index is 12.7. The van der Waals surface area contributed by atoms with Gasteiger partial charge >= 0.3 is 12.2 Å². The highest BCUT2D eigenvalue weighted by atomic mass is 19.4. The van der Waals surface area contributed by atoms with Crippen LogP contribution in [0.2, 0.25) is 0 Å². The summed E-state index contributed by atoms with van der Waals surface area (Å²) in [4.78, 5) is 21.2. The van der Waals surface area contributed by atoms with E-state index in [0.717, 1.165) is 12.3 Å². The van der Waals surface area contributed by atoms with Gasteiger partial charge in [-0.1, -0.05) is 0 Å². The molecule has 2 heterocycles. The second-order valence-electron chi connectivity index (χ2n) is 4.56. The molecule has 7 nitrogen and oxygen atoms in total. The van der Waals surface area contributed by atoms with Crippen LogP contribution < -0.4 is 4.74 Å². The average molecular weight is 336 g/mol. The number of halogens is 3. The first-order valence-corrected chi connectivity index (χ1v) is 6.46. The SMILES string of the molecule is O=[N+]([O-])c1ccc(Oc2nccc(C(F)(F)F)n2)c2cccnc12. The number of fused-ring (bicyclic) bond motifs is 1. The fraction of sp³-hybridized carbons (Fsp3) is 0.0714. The number of hydrogen-bond acceptors (Lipinski definition) is 6. The van der Waals surface area contributed by atoms with Crippen LogP contribution in [0.15, 0.2) is 42.7 Å². The number of alkyl halides is 3. The summed E-state index contributed by atoms with van der Waals surface area (Å²) in [5, 5.41) is 11.3. The van der Waals surface area contributed by atoms with Crippen molar-refractivity contribution in [3.63, 3.8) is 0 Å². The van der Waals surface area contributed by atoms with Gasteiger partial charge < -0.3 is 4.74 Å². The molecule has 24 heavy (non-hydrogen) atoms. The third kappa shape index (κ3) is 2.93. The van der Waals surface area contributed by atoms with Crippen molar-refractivity contribution in [1.82, 2.24) is 15.0 Å². The molecule has 0 saturated heterocycles. The van der Waals surface area contributed by atoms with Crippen LogP contribution in [0.25, 0.3) is 10.9 Å². The smallest absolute Gasteiger partial charge is 0.424 e. The first-order valence-electron chi connectivity index (χ1n) is 6.46. The van der Waals surface area contributed by atoms with Crippen molar-refractivity contribution in [1.29, 1.82) is 0 Å². The Hall–Kier alpha value is -3.30. The Morgan fingerprint density at radius 1 is 1.08 bits per heavy atom. The summed E-state index contributed by atoms with van der Waals surface area (Å²) >= 11 is 0. The first-order chi connectivity index (χ1) is 11.4. The van der Waals surface area contributed by atoms with Gasteiger partial charge in [0.05, 0.1) is 10.3 Å². The van der Waals surface area contributed by atoms with E-state index in [0.29, 0.717) is 6.07 Å². The zero-order valence-corrected chi connectivity index (χ0v) is 11.7. The van der Waals surface area contributed by atoms with Crippen molar-refractivity contribution in [2.45, 2.75) is 6.18 Å². The van der Waals surface area contributed by atoms with Gasteiger partial charge in [-0.05, 0) is 24.3 Å². The lowest BCUT2D eigenvalue weighted by Crippen LogP contribution is -2.09. The van der Waals surface area contributed by atoms with Crippen molar-refractivity contribution >= 4 is 16.6 Å². The lowest BCUT2D eigenvalue weighted by atomic mass is 10.2. The molecule has 2 aromatic heterocycles. The predicted octanol–water partition coefficient (Wildman–Crippen LogP) is 3.74. The normalized spacial score (nSPS) is 11.5. The number of hydrogen-bond donors (Lipinski definition) is 0. The van der Waals surface area contributed by atoms with Gasteiger partial charge in [-0.3, -0.25) is 10.1 Å². The van der Waals surface area contributed by atoms with E-state index in [2.05, 4.69) is 15.0 Å². The Bertz CT molecular complexity index is 931. The van der Waals surface area contributed by atoms with Crippen LogP contribution >= 0.6 is 0 Å². The lowest BCUT2D eigenvalue weighted by molar-refractivity contribution is -0.383. The van der Waals surface area contributed by atoms with E-state index in [1.807, 2.05) is 0 Å². The third-order valence-electron chi connectivity index (χ3n) is 3.03. The molecule has 10 heteroatoms. The quantitative estimate of drug-likeness (QED) is 0.534. The van der Waals surface area contributed by atoms with E-state index in [1.165, 1.54) is 24.4 Å². The molecule has 0 radical (unpaired) electrons. The molecule has 0 bridgehead atoms. The van der Waals surface area contributed by atoms with Crippen LogP contribution in [0.1, 0.15) is 5.69 Å². The molecule has 0 amide bonds. The molecule has 0 aliphatic carbocycles. The minimum Gasteiger partial charge on any atom is -0.424 e. The highest BCUT2D eigenvalue weighted by Crippen LogP contribution is 2.34. The Morgan fingerprint density at radius 3 is 2.58 bits per heavy atom. The molecular formula is C14H7F3N4O3. The Morgan fingerprint density at radius 2 is 1.88 bits per heavy atom. The van der Waals surface area contributed by atoms with Gasteiger partial charge in [-0.25, -0.2) is 9.97 Å². The molecule has 0 atom stereocenters. The van der Waals surface area contributed by atoms with E-state index in [4.69, 9.17) is 4.74 Å². The van der Waals surface area contributed by atoms with Gasteiger partial charge in [0.2, 0.25) is 0 Å². The fourth-order valence-corrected chi connectivity index (χ4v) is 2.01. The molecule has 0 aliphatic rings. The fourth-order valence-electron chi connectivity index (χ4n) is 2.01. The second kappa shape index (κ2) is 5.72. The summed E-state index contributed by atoms with van der Waals surface area (Å²) < 4.78 is 43.3. The molecule has 0 unspecified atom stereocenters. The number of pyridine rings is 1. The van der Waals surface area contributed by atoms with E-state index in [9.17, 15) is 23.3 Å². The number of benzene rings is 1. The lowest BCUT2D eigenvalue weighted by Gasteiger charge is -2.09. The summed E-state index contributed by atoms with van der Waals surface area (Å²) in [6.45, 7) is 0. The van der Waals surface area contributed by atoms with E-state index >= 15 is 0 Å². The van der Waals surface area contributed by atoms with Crippen LogP contribution in [0, 0.1) is 10.1 Å². The summed E-state index contributed by atoms with van der Waals surface area (Å²) in [7, 11) is 0. The van der Waals surface area contributed by atoms with Gasteiger partial charge in [-0.15, -0.1) is 0 Å². The minimum absolute atomic E-state index is 0.0481. The molecule has 0 aliphatic heterocycles. The molecule has 0 spiro atoms. The third-order valence-corrected chi connectivity index (χ3v) is 3.03. The summed E-state index contributed by atoms with van der Waals surface area (Å²) in [5.41, 5.74) is -1.35. The van der Waals surface area contributed by atoms with Gasteiger partial charge in [0, 0.05) is 18.5 Å². The van der Waals surface area contributed by atoms with Gasteiger partial charge in [-0.2, -0.15) is 18.2 Å². The monoisotopic (exact) mass is 336 g/mol. The molecule has 122 valence electrons. The molecule has 3 rings (SSSR count). The second-order valence-corrected chi connectivity index (χ2v) is 4.56. The molecule has 0 saturated carbocycles. The number of nitro benzene ring substituents is 1. The maximum Gasteiger partial charge on any atom is 0.433 e. The van der Waals surface area contributed by atoms with Crippen LogP contribution in [-0.2, 0) is 6.18 Å².